The maximum Gasteiger partial charge on any atom is 0.266 e. The molecule has 0 bridgehead atoms. The van der Waals surface area contributed by atoms with Crippen LogP contribution >= 0.6 is 0 Å². The van der Waals surface area contributed by atoms with Crippen LogP contribution in [-0.2, 0) is 0 Å². The molecule has 4 nitrogen and oxygen atoms in total. The van der Waals surface area contributed by atoms with Gasteiger partial charge >= 0.3 is 0 Å². The lowest BCUT2D eigenvalue weighted by Crippen LogP contribution is -2.22. The Hall–Kier alpha value is -3.66. The molecule has 0 amide bonds. The zero-order chi connectivity index (χ0) is 19.5. The fraction of sp³-hybridized carbons (Fsp3) is 0.0833. The number of para-hydroxylation sites is 1. The molecule has 0 aliphatic rings. The Kier molecular flexibility index (Phi) is 4.77. The molecular formula is C24H20N2O2. The predicted molar refractivity (Wildman–Crippen MR) is 114 cm³/mol. The lowest BCUT2D eigenvalue weighted by Gasteiger charge is -2.12. The molecule has 3 aromatic carbocycles. The Morgan fingerprint density at radius 2 is 1.71 bits per heavy atom. The Balaban J connectivity index is 1.92. The van der Waals surface area contributed by atoms with Gasteiger partial charge in [-0.25, -0.2) is 4.98 Å². The van der Waals surface area contributed by atoms with Gasteiger partial charge < -0.3 is 4.74 Å². The van der Waals surface area contributed by atoms with Gasteiger partial charge in [0.05, 0.1) is 23.7 Å². The van der Waals surface area contributed by atoms with Crippen LogP contribution in [0.25, 0.3) is 28.7 Å². The number of hydrogen-bond acceptors (Lipinski definition) is 3. The van der Waals surface area contributed by atoms with Gasteiger partial charge in [-0.3, -0.25) is 9.36 Å². The lowest BCUT2D eigenvalue weighted by atomic mass is 10.1. The van der Waals surface area contributed by atoms with E-state index in [0.29, 0.717) is 28.2 Å². The summed E-state index contributed by atoms with van der Waals surface area (Å²) < 4.78 is 6.95. The number of fused-ring (bicyclic) bond motifs is 1. The molecule has 28 heavy (non-hydrogen) atoms. The lowest BCUT2D eigenvalue weighted by molar-refractivity contribution is 0.414. The van der Waals surface area contributed by atoms with Crippen molar-refractivity contribution >= 4 is 23.1 Å². The number of hydrogen-bond donors (Lipinski definition) is 0. The molecule has 0 fully saturated rings. The third-order valence-corrected chi connectivity index (χ3v) is 4.62. The average molecular weight is 368 g/mol. The number of benzene rings is 3. The van der Waals surface area contributed by atoms with Gasteiger partial charge in [-0.15, -0.1) is 0 Å². The first-order chi connectivity index (χ1) is 13.7. The van der Waals surface area contributed by atoms with E-state index in [1.807, 2.05) is 66.7 Å². The molecule has 4 aromatic rings. The van der Waals surface area contributed by atoms with E-state index < -0.39 is 0 Å². The van der Waals surface area contributed by atoms with Gasteiger partial charge in [0.25, 0.3) is 5.56 Å². The van der Waals surface area contributed by atoms with Crippen molar-refractivity contribution in [3.05, 3.63) is 100 Å². The third-order valence-electron chi connectivity index (χ3n) is 4.62. The summed E-state index contributed by atoms with van der Waals surface area (Å²) in [6.07, 6.45) is 3.84. The smallest absolute Gasteiger partial charge is 0.266 e. The molecular weight excluding hydrogens is 348 g/mol. The molecule has 0 aliphatic heterocycles. The quantitative estimate of drug-likeness (QED) is 0.516. The minimum absolute atomic E-state index is 0.109. The maximum absolute atomic E-state index is 13.3. The van der Waals surface area contributed by atoms with Crippen LogP contribution in [0.2, 0.25) is 0 Å². The minimum atomic E-state index is -0.109. The monoisotopic (exact) mass is 368 g/mol. The summed E-state index contributed by atoms with van der Waals surface area (Å²) in [6, 6.07) is 23.0. The predicted octanol–water partition coefficient (Wildman–Crippen LogP) is 4.87. The van der Waals surface area contributed by atoms with E-state index in [1.54, 1.807) is 17.7 Å². The third kappa shape index (κ3) is 3.45. The summed E-state index contributed by atoms with van der Waals surface area (Å²) in [5.74, 6) is 1.25. The number of nitrogens with zero attached hydrogens (tertiary/aromatic N) is 2. The van der Waals surface area contributed by atoms with Crippen LogP contribution in [0.5, 0.6) is 5.75 Å². The molecule has 0 spiro atoms. The van der Waals surface area contributed by atoms with Gasteiger partial charge in [-0.2, -0.15) is 0 Å². The van der Waals surface area contributed by atoms with Crippen LogP contribution in [0.1, 0.15) is 17.0 Å². The zero-order valence-electron chi connectivity index (χ0n) is 15.8. The van der Waals surface area contributed by atoms with E-state index in [2.05, 4.69) is 19.1 Å². The van der Waals surface area contributed by atoms with E-state index in [9.17, 15) is 4.79 Å². The van der Waals surface area contributed by atoms with E-state index in [1.165, 1.54) is 5.56 Å². The maximum atomic E-state index is 13.3. The Bertz CT molecular complexity index is 1220. The molecule has 0 radical (unpaired) electrons. The topological polar surface area (TPSA) is 44.1 Å². The van der Waals surface area contributed by atoms with E-state index in [-0.39, 0.29) is 5.56 Å². The Labute approximate surface area is 163 Å². The van der Waals surface area contributed by atoms with Gasteiger partial charge in [0.2, 0.25) is 0 Å². The first-order valence-electron chi connectivity index (χ1n) is 9.07. The summed E-state index contributed by atoms with van der Waals surface area (Å²) in [6.45, 7) is 2.05. The first-order valence-corrected chi connectivity index (χ1v) is 9.07. The summed E-state index contributed by atoms with van der Waals surface area (Å²) in [5.41, 5.74) is 3.53. The highest BCUT2D eigenvalue weighted by Gasteiger charge is 2.11. The normalized spacial score (nSPS) is 11.2. The van der Waals surface area contributed by atoms with Crippen LogP contribution in [0.4, 0.5) is 0 Å². The fourth-order valence-corrected chi connectivity index (χ4v) is 3.11. The van der Waals surface area contributed by atoms with E-state index in [4.69, 9.17) is 9.72 Å². The van der Waals surface area contributed by atoms with Crippen molar-refractivity contribution in [2.24, 2.45) is 0 Å². The highest BCUT2D eigenvalue weighted by Crippen LogP contribution is 2.19. The van der Waals surface area contributed by atoms with Gasteiger partial charge in [-0.1, -0.05) is 54.1 Å². The van der Waals surface area contributed by atoms with Gasteiger partial charge in [0.1, 0.15) is 11.6 Å². The molecule has 1 aromatic heterocycles. The van der Waals surface area contributed by atoms with Crippen molar-refractivity contribution in [2.75, 3.05) is 7.11 Å². The van der Waals surface area contributed by atoms with Crippen molar-refractivity contribution in [1.29, 1.82) is 0 Å². The van der Waals surface area contributed by atoms with E-state index in [0.717, 1.165) is 5.56 Å². The van der Waals surface area contributed by atoms with Gasteiger partial charge in [0.15, 0.2) is 0 Å². The van der Waals surface area contributed by atoms with E-state index >= 15 is 0 Å². The molecule has 0 atom stereocenters. The molecule has 0 saturated heterocycles. The molecule has 138 valence electrons. The molecule has 4 heteroatoms. The average Bonchev–Trinajstić information content (AvgIpc) is 2.73. The Morgan fingerprint density at radius 1 is 0.929 bits per heavy atom. The number of ether oxygens (including phenoxy) is 1. The van der Waals surface area contributed by atoms with Crippen molar-refractivity contribution in [3.8, 4) is 11.4 Å². The van der Waals surface area contributed by atoms with Crippen molar-refractivity contribution in [3.63, 3.8) is 0 Å². The highest BCUT2D eigenvalue weighted by atomic mass is 16.5. The molecule has 0 N–H and O–H groups in total. The zero-order valence-corrected chi connectivity index (χ0v) is 15.8. The summed E-state index contributed by atoms with van der Waals surface area (Å²) in [7, 11) is 1.61. The number of methoxy groups -OCH3 is 1. The van der Waals surface area contributed by atoms with Gasteiger partial charge in [0, 0.05) is 6.07 Å². The van der Waals surface area contributed by atoms with Crippen molar-refractivity contribution in [2.45, 2.75) is 6.92 Å². The van der Waals surface area contributed by atoms with Crippen molar-refractivity contribution in [1.82, 2.24) is 9.55 Å². The fourth-order valence-electron chi connectivity index (χ4n) is 3.11. The van der Waals surface area contributed by atoms with Crippen LogP contribution in [0.15, 0.2) is 77.6 Å². The second kappa shape index (κ2) is 7.53. The minimum Gasteiger partial charge on any atom is -0.497 e. The molecule has 0 unspecified atom stereocenters. The van der Waals surface area contributed by atoms with Crippen LogP contribution in [0.3, 0.4) is 0 Å². The summed E-state index contributed by atoms with van der Waals surface area (Å²) in [5, 5.41) is 0.581. The van der Waals surface area contributed by atoms with Gasteiger partial charge in [-0.05, 0) is 42.8 Å². The highest BCUT2D eigenvalue weighted by molar-refractivity contribution is 5.80. The SMILES string of the molecule is COc1cccc(-n2c(/C=C/c3ccc(C)cc3)nc3ccccc3c2=O)c1. The molecule has 0 saturated carbocycles. The second-order valence-electron chi connectivity index (χ2n) is 6.57. The van der Waals surface area contributed by atoms with Crippen LogP contribution < -0.4 is 10.3 Å². The first kappa shape index (κ1) is 17.7. The molecule has 1 heterocycles. The standard InChI is InChI=1S/C24H20N2O2/c1-17-10-12-18(13-11-17)14-15-23-25-22-9-4-3-8-21(22)24(27)26(23)19-6-5-7-20(16-19)28-2/h3-16H,1-2H3/b15-14+. The largest absolute Gasteiger partial charge is 0.497 e. The Morgan fingerprint density at radius 3 is 2.50 bits per heavy atom. The number of rotatable bonds is 4. The number of aryl methyl sites for hydroxylation is 1. The van der Waals surface area contributed by atoms with Crippen molar-refractivity contribution < 1.29 is 4.74 Å². The number of aromatic nitrogens is 2. The molecule has 0 aliphatic carbocycles. The summed E-state index contributed by atoms with van der Waals surface area (Å²) >= 11 is 0. The molecule has 4 rings (SSSR count). The van der Waals surface area contributed by atoms with Crippen LogP contribution in [-0.4, -0.2) is 16.7 Å². The van der Waals surface area contributed by atoms with Crippen LogP contribution in [0, 0.1) is 6.92 Å². The summed E-state index contributed by atoms with van der Waals surface area (Å²) in [4.78, 5) is 18.0. The second-order valence-corrected chi connectivity index (χ2v) is 6.57.